The lowest BCUT2D eigenvalue weighted by atomic mass is 9.97. The van der Waals surface area contributed by atoms with Gasteiger partial charge in [0.05, 0.1) is 10.5 Å². The number of sulfonamides is 1. The molecule has 2 aliphatic heterocycles. The number of likely N-dealkylation sites (tertiary alicyclic amines) is 1. The Labute approximate surface area is 195 Å². The van der Waals surface area contributed by atoms with E-state index in [9.17, 15) is 21.6 Å². The predicted octanol–water partition coefficient (Wildman–Crippen LogP) is 4.19. The van der Waals surface area contributed by atoms with Gasteiger partial charge in [0.1, 0.15) is 12.7 Å². The van der Waals surface area contributed by atoms with Crippen LogP contribution in [0.5, 0.6) is 11.5 Å². The van der Waals surface area contributed by atoms with Gasteiger partial charge in [-0.15, -0.1) is 0 Å². The molecule has 0 spiro atoms. The molecule has 1 N–H and O–H groups in total. The molecule has 180 valence electrons. The fraction of sp³-hybridized carbons (Fsp3) is 0.455. The van der Waals surface area contributed by atoms with E-state index in [2.05, 4.69) is 9.62 Å². The quantitative estimate of drug-likeness (QED) is 0.639. The third-order valence-corrected chi connectivity index (χ3v) is 7.48. The first-order valence-corrected chi connectivity index (χ1v) is 12.4. The van der Waals surface area contributed by atoms with Crippen molar-refractivity contribution >= 4 is 21.6 Å². The SMILES string of the molecule is O=S(=O)(NCC1CCN(CC2COc3ccc(Cl)cc3O2)CC1)c1cccc(C(F)(F)F)c1. The number of alkyl halides is 3. The van der Waals surface area contributed by atoms with Gasteiger partial charge in [0, 0.05) is 24.2 Å². The Morgan fingerprint density at radius 2 is 1.85 bits per heavy atom. The van der Waals surface area contributed by atoms with E-state index < -0.39 is 21.8 Å². The van der Waals surface area contributed by atoms with Gasteiger partial charge in [0.15, 0.2) is 11.5 Å². The molecule has 1 atom stereocenters. The number of nitrogens with one attached hydrogen (secondary N) is 1. The van der Waals surface area contributed by atoms with Crippen molar-refractivity contribution in [2.24, 2.45) is 5.92 Å². The second-order valence-electron chi connectivity index (χ2n) is 8.26. The number of hydrogen-bond donors (Lipinski definition) is 1. The van der Waals surface area contributed by atoms with E-state index in [4.69, 9.17) is 21.1 Å². The summed E-state index contributed by atoms with van der Waals surface area (Å²) in [6.45, 7) is 2.82. The standard InChI is InChI=1S/C22H24ClF3N2O4S/c23-17-4-5-20-21(11-17)32-18(14-31-20)13-28-8-6-15(7-9-28)12-27-33(29,30)19-3-1-2-16(10-19)22(24,25)26/h1-5,10-11,15,18,27H,6-9,12-14H2. The van der Waals surface area contributed by atoms with Crippen LogP contribution in [-0.4, -0.2) is 52.2 Å². The first kappa shape index (κ1) is 24.1. The van der Waals surface area contributed by atoms with E-state index in [-0.39, 0.29) is 23.5 Å². The van der Waals surface area contributed by atoms with Crippen LogP contribution in [0.2, 0.25) is 5.02 Å². The molecule has 0 aromatic heterocycles. The van der Waals surface area contributed by atoms with Crippen LogP contribution < -0.4 is 14.2 Å². The number of hydrogen-bond acceptors (Lipinski definition) is 5. The van der Waals surface area contributed by atoms with Crippen molar-refractivity contribution in [2.45, 2.75) is 30.0 Å². The van der Waals surface area contributed by atoms with Crippen molar-refractivity contribution in [2.75, 3.05) is 32.8 Å². The minimum absolute atomic E-state index is 0.102. The molecule has 1 unspecified atom stereocenters. The van der Waals surface area contributed by atoms with Crippen LogP contribution in [0.1, 0.15) is 18.4 Å². The lowest BCUT2D eigenvalue weighted by Gasteiger charge is -2.35. The number of nitrogens with zero attached hydrogens (tertiary/aromatic N) is 1. The highest BCUT2D eigenvalue weighted by Gasteiger charge is 2.32. The minimum Gasteiger partial charge on any atom is -0.486 e. The second-order valence-corrected chi connectivity index (χ2v) is 10.5. The maximum absolute atomic E-state index is 12.9. The number of ether oxygens (including phenoxy) is 2. The van der Waals surface area contributed by atoms with Gasteiger partial charge < -0.3 is 9.47 Å². The third-order valence-electron chi connectivity index (χ3n) is 5.83. The Balaban J connectivity index is 1.25. The summed E-state index contributed by atoms with van der Waals surface area (Å²) in [4.78, 5) is 1.85. The highest BCUT2D eigenvalue weighted by atomic mass is 35.5. The summed E-state index contributed by atoms with van der Waals surface area (Å²) in [6, 6.07) is 9.02. The summed E-state index contributed by atoms with van der Waals surface area (Å²) in [5.74, 6) is 1.39. The van der Waals surface area contributed by atoms with Crippen LogP contribution in [0.25, 0.3) is 0 Å². The molecular weight excluding hydrogens is 481 g/mol. The molecule has 1 fully saturated rings. The predicted molar refractivity (Wildman–Crippen MR) is 117 cm³/mol. The molecule has 0 saturated carbocycles. The van der Waals surface area contributed by atoms with E-state index in [1.165, 1.54) is 0 Å². The van der Waals surface area contributed by atoms with Crippen molar-refractivity contribution in [3.05, 3.63) is 53.1 Å². The fourth-order valence-electron chi connectivity index (χ4n) is 3.99. The van der Waals surface area contributed by atoms with Crippen molar-refractivity contribution in [1.82, 2.24) is 9.62 Å². The minimum atomic E-state index is -4.60. The maximum atomic E-state index is 12.9. The summed E-state index contributed by atoms with van der Waals surface area (Å²) in [6.07, 6.45) is -3.20. The molecule has 2 aliphatic rings. The Hall–Kier alpha value is -2.01. The molecule has 4 rings (SSSR count). The topological polar surface area (TPSA) is 67.9 Å². The Kier molecular flexibility index (Phi) is 7.09. The molecule has 0 radical (unpaired) electrons. The first-order valence-electron chi connectivity index (χ1n) is 10.6. The first-order chi connectivity index (χ1) is 15.6. The van der Waals surface area contributed by atoms with E-state index in [0.717, 1.165) is 44.1 Å². The zero-order chi connectivity index (χ0) is 23.6. The normalized spacial score (nSPS) is 20.1. The summed E-state index contributed by atoms with van der Waals surface area (Å²) >= 11 is 6.02. The molecule has 2 aromatic rings. The van der Waals surface area contributed by atoms with Crippen molar-refractivity contribution in [3.8, 4) is 11.5 Å². The average molecular weight is 505 g/mol. The second kappa shape index (κ2) is 9.69. The third kappa shape index (κ3) is 6.11. The Bertz CT molecular complexity index is 1090. The van der Waals surface area contributed by atoms with Gasteiger partial charge in [-0.3, -0.25) is 4.90 Å². The number of rotatable bonds is 6. The fourth-order valence-corrected chi connectivity index (χ4v) is 5.31. The van der Waals surface area contributed by atoms with Gasteiger partial charge in [0.2, 0.25) is 10.0 Å². The van der Waals surface area contributed by atoms with Gasteiger partial charge in [-0.25, -0.2) is 13.1 Å². The van der Waals surface area contributed by atoms with Crippen LogP contribution >= 0.6 is 11.6 Å². The average Bonchev–Trinajstić information content (AvgIpc) is 2.78. The zero-order valence-electron chi connectivity index (χ0n) is 17.6. The van der Waals surface area contributed by atoms with E-state index in [1.54, 1.807) is 18.2 Å². The molecule has 0 aliphatic carbocycles. The van der Waals surface area contributed by atoms with E-state index in [1.807, 2.05) is 0 Å². The molecule has 33 heavy (non-hydrogen) atoms. The van der Waals surface area contributed by atoms with Crippen molar-refractivity contribution in [1.29, 1.82) is 0 Å². The molecule has 0 amide bonds. The monoisotopic (exact) mass is 504 g/mol. The lowest BCUT2D eigenvalue weighted by molar-refractivity contribution is -0.137. The Morgan fingerprint density at radius 1 is 1.09 bits per heavy atom. The molecule has 2 heterocycles. The number of benzene rings is 2. The molecule has 0 bridgehead atoms. The van der Waals surface area contributed by atoms with Gasteiger partial charge in [-0.05, 0) is 62.2 Å². The maximum Gasteiger partial charge on any atom is 0.416 e. The molecule has 11 heteroatoms. The molecule has 6 nitrogen and oxygen atoms in total. The summed E-state index contributed by atoms with van der Waals surface area (Å²) in [5.41, 5.74) is -0.988. The van der Waals surface area contributed by atoms with Crippen LogP contribution in [0.3, 0.4) is 0 Å². The highest BCUT2D eigenvalue weighted by Crippen LogP contribution is 2.34. The zero-order valence-corrected chi connectivity index (χ0v) is 19.2. The van der Waals surface area contributed by atoms with Gasteiger partial charge in [-0.1, -0.05) is 17.7 Å². The molecule has 1 saturated heterocycles. The van der Waals surface area contributed by atoms with Crippen molar-refractivity contribution in [3.63, 3.8) is 0 Å². The van der Waals surface area contributed by atoms with E-state index >= 15 is 0 Å². The smallest absolute Gasteiger partial charge is 0.416 e. The number of halogens is 4. The highest BCUT2D eigenvalue weighted by molar-refractivity contribution is 7.89. The largest absolute Gasteiger partial charge is 0.486 e. The summed E-state index contributed by atoms with van der Waals surface area (Å²) < 4.78 is 77.8. The van der Waals surface area contributed by atoms with Crippen LogP contribution in [-0.2, 0) is 16.2 Å². The lowest BCUT2D eigenvalue weighted by Crippen LogP contribution is -2.45. The van der Waals surface area contributed by atoms with Crippen LogP contribution in [0, 0.1) is 5.92 Å². The van der Waals surface area contributed by atoms with Gasteiger partial charge in [0.25, 0.3) is 0 Å². The van der Waals surface area contributed by atoms with Crippen LogP contribution in [0.4, 0.5) is 13.2 Å². The van der Waals surface area contributed by atoms with Crippen LogP contribution in [0.15, 0.2) is 47.4 Å². The van der Waals surface area contributed by atoms with Gasteiger partial charge in [-0.2, -0.15) is 13.2 Å². The molecule has 2 aromatic carbocycles. The van der Waals surface area contributed by atoms with E-state index in [0.29, 0.717) is 35.7 Å². The Morgan fingerprint density at radius 3 is 2.58 bits per heavy atom. The summed E-state index contributed by atoms with van der Waals surface area (Å²) in [5, 5.41) is 0.575. The number of fused-ring (bicyclic) bond motifs is 1. The van der Waals surface area contributed by atoms with Crippen molar-refractivity contribution < 1.29 is 31.1 Å². The number of piperidine rings is 1. The summed E-state index contributed by atoms with van der Waals surface area (Å²) in [7, 11) is -4.02. The van der Waals surface area contributed by atoms with Gasteiger partial charge >= 0.3 is 6.18 Å². The molecular formula is C22H24ClF3N2O4S.